The van der Waals surface area contributed by atoms with Crippen molar-refractivity contribution in [3.05, 3.63) is 23.8 Å². The topological polar surface area (TPSA) is 38.0 Å². The van der Waals surface area contributed by atoms with Crippen molar-refractivity contribution < 1.29 is 0 Å². The first-order valence-electron chi connectivity index (χ1n) is 5.92. The van der Waals surface area contributed by atoms with Gasteiger partial charge in [-0.05, 0) is 31.2 Å². The second-order valence-electron chi connectivity index (χ2n) is 3.93. The zero-order valence-electron chi connectivity index (χ0n) is 10.6. The third-order valence-corrected chi connectivity index (χ3v) is 3.73. The number of hydrogen-bond donors (Lipinski definition) is 2. The Morgan fingerprint density at radius 3 is 2.71 bits per heavy atom. The van der Waals surface area contributed by atoms with Crippen LogP contribution in [0, 0.1) is 0 Å². The van der Waals surface area contributed by atoms with Crippen molar-refractivity contribution in [2.45, 2.75) is 38.1 Å². The third-order valence-electron chi connectivity index (χ3n) is 2.59. The Hall–Kier alpha value is -0.740. The van der Waals surface area contributed by atoms with Gasteiger partial charge in [-0.25, -0.2) is 0 Å². The van der Waals surface area contributed by atoms with Gasteiger partial charge < -0.3 is 11.1 Å². The van der Waals surface area contributed by atoms with E-state index in [1.54, 1.807) is 11.8 Å². The lowest BCUT2D eigenvalue weighted by molar-refractivity contribution is 0.763. The molecule has 1 unspecified atom stereocenters. The lowest BCUT2D eigenvalue weighted by Crippen LogP contribution is -2.19. The summed E-state index contributed by atoms with van der Waals surface area (Å²) in [5, 5.41) is 3.46. The van der Waals surface area contributed by atoms with E-state index in [1.165, 1.54) is 0 Å². The molecule has 0 aliphatic rings. The van der Waals surface area contributed by atoms with Crippen molar-refractivity contribution in [3.63, 3.8) is 0 Å². The van der Waals surface area contributed by atoms with E-state index in [0.29, 0.717) is 11.0 Å². The lowest BCUT2D eigenvalue weighted by Gasteiger charge is -2.18. The molecule has 0 aliphatic heterocycles. The zero-order valence-corrected chi connectivity index (χ0v) is 12.3. The maximum Gasteiger partial charge on any atom is 0.107 e. The van der Waals surface area contributed by atoms with Gasteiger partial charge in [0.15, 0.2) is 0 Å². The van der Waals surface area contributed by atoms with Gasteiger partial charge in [0, 0.05) is 22.2 Å². The van der Waals surface area contributed by atoms with Crippen molar-refractivity contribution in [1.29, 1.82) is 0 Å². The molecule has 0 spiro atoms. The number of nitrogens with one attached hydrogen (secondary N) is 1. The fourth-order valence-corrected chi connectivity index (χ4v) is 2.68. The number of nitrogens with two attached hydrogens (primary N) is 1. The molecule has 0 aliphatic carbocycles. The van der Waals surface area contributed by atoms with Crippen LogP contribution >= 0.6 is 24.0 Å². The molecule has 94 valence electrons. The summed E-state index contributed by atoms with van der Waals surface area (Å²) in [7, 11) is 0. The molecule has 1 rings (SSSR count). The SMILES string of the molecule is CCSc1cccc(NC(C)CC)c1C(N)=S. The fourth-order valence-electron chi connectivity index (χ4n) is 1.55. The minimum Gasteiger partial charge on any atom is -0.389 e. The highest BCUT2D eigenvalue weighted by atomic mass is 32.2. The summed E-state index contributed by atoms with van der Waals surface area (Å²) in [6, 6.07) is 6.58. The van der Waals surface area contributed by atoms with Crippen molar-refractivity contribution >= 4 is 34.7 Å². The Labute approximate surface area is 113 Å². The van der Waals surface area contributed by atoms with Gasteiger partial charge >= 0.3 is 0 Å². The molecule has 0 bridgehead atoms. The largest absolute Gasteiger partial charge is 0.389 e. The van der Waals surface area contributed by atoms with E-state index in [4.69, 9.17) is 18.0 Å². The Kier molecular flexibility index (Phi) is 5.78. The Bertz CT molecular complexity index is 391. The maximum absolute atomic E-state index is 5.84. The van der Waals surface area contributed by atoms with Crippen molar-refractivity contribution in [2.75, 3.05) is 11.1 Å². The standard InChI is InChI=1S/C13H20N2S2/c1-4-9(3)15-10-7-6-8-11(17-5-2)12(10)13(14)16/h6-9,15H,4-5H2,1-3H3,(H2,14,16). The third kappa shape index (κ3) is 3.89. The van der Waals surface area contributed by atoms with Crippen LogP contribution in [-0.2, 0) is 0 Å². The molecule has 0 aromatic heterocycles. The summed E-state index contributed by atoms with van der Waals surface area (Å²) < 4.78 is 0. The van der Waals surface area contributed by atoms with E-state index in [9.17, 15) is 0 Å². The van der Waals surface area contributed by atoms with E-state index in [1.807, 2.05) is 12.1 Å². The molecule has 17 heavy (non-hydrogen) atoms. The van der Waals surface area contributed by atoms with Crippen LogP contribution in [-0.4, -0.2) is 16.8 Å². The quantitative estimate of drug-likeness (QED) is 0.610. The molecule has 0 heterocycles. The van der Waals surface area contributed by atoms with Crippen molar-refractivity contribution in [3.8, 4) is 0 Å². The Morgan fingerprint density at radius 2 is 2.18 bits per heavy atom. The Morgan fingerprint density at radius 1 is 1.47 bits per heavy atom. The van der Waals surface area contributed by atoms with Crippen molar-refractivity contribution in [2.24, 2.45) is 5.73 Å². The van der Waals surface area contributed by atoms with Gasteiger partial charge in [0.1, 0.15) is 4.99 Å². The molecule has 0 saturated carbocycles. The summed E-state index contributed by atoms with van der Waals surface area (Å²) in [5.41, 5.74) is 7.87. The first-order valence-corrected chi connectivity index (χ1v) is 7.31. The smallest absolute Gasteiger partial charge is 0.107 e. The van der Waals surface area contributed by atoms with Gasteiger partial charge in [0.2, 0.25) is 0 Å². The zero-order chi connectivity index (χ0) is 12.8. The number of thioether (sulfide) groups is 1. The van der Waals surface area contributed by atoms with Crippen molar-refractivity contribution in [1.82, 2.24) is 0 Å². The van der Waals surface area contributed by atoms with Gasteiger partial charge in [-0.1, -0.05) is 32.1 Å². The predicted molar refractivity (Wildman–Crippen MR) is 82.1 cm³/mol. The molecule has 2 nitrogen and oxygen atoms in total. The molecule has 0 amide bonds. The number of hydrogen-bond acceptors (Lipinski definition) is 3. The summed E-state index contributed by atoms with van der Waals surface area (Å²) in [6.45, 7) is 6.44. The molecule has 0 saturated heterocycles. The molecule has 1 atom stereocenters. The van der Waals surface area contributed by atoms with Crippen LogP contribution in [0.2, 0.25) is 0 Å². The first-order chi connectivity index (χ1) is 8.10. The number of benzene rings is 1. The molecular formula is C13H20N2S2. The highest BCUT2D eigenvalue weighted by Crippen LogP contribution is 2.29. The monoisotopic (exact) mass is 268 g/mol. The molecule has 1 aromatic rings. The van der Waals surface area contributed by atoms with Crippen LogP contribution in [0.1, 0.15) is 32.8 Å². The maximum atomic E-state index is 5.84. The predicted octanol–water partition coefficient (Wildman–Crippen LogP) is 3.64. The average Bonchev–Trinajstić information content (AvgIpc) is 2.29. The highest BCUT2D eigenvalue weighted by Gasteiger charge is 2.12. The second-order valence-corrected chi connectivity index (χ2v) is 5.68. The number of thiocarbonyl (C=S) groups is 1. The first kappa shape index (κ1) is 14.3. The average molecular weight is 268 g/mol. The van der Waals surface area contributed by atoms with Crippen LogP contribution in [0.5, 0.6) is 0 Å². The molecule has 1 aromatic carbocycles. The lowest BCUT2D eigenvalue weighted by atomic mass is 10.1. The molecule has 4 heteroatoms. The summed E-state index contributed by atoms with van der Waals surface area (Å²) in [4.78, 5) is 1.63. The van der Waals surface area contributed by atoms with E-state index in [-0.39, 0.29) is 0 Å². The van der Waals surface area contributed by atoms with Gasteiger partial charge in [-0.3, -0.25) is 0 Å². The number of rotatable bonds is 6. The Balaban J connectivity index is 3.10. The summed E-state index contributed by atoms with van der Waals surface area (Å²) in [6.07, 6.45) is 1.07. The van der Waals surface area contributed by atoms with Crippen LogP contribution < -0.4 is 11.1 Å². The fraction of sp³-hybridized carbons (Fsp3) is 0.462. The summed E-state index contributed by atoms with van der Waals surface area (Å²) in [5.74, 6) is 1.02. The molecular weight excluding hydrogens is 248 g/mol. The second kappa shape index (κ2) is 6.87. The normalized spacial score (nSPS) is 12.2. The molecule has 0 fully saturated rings. The van der Waals surface area contributed by atoms with Crippen LogP contribution in [0.15, 0.2) is 23.1 Å². The van der Waals surface area contributed by atoms with Gasteiger partial charge in [0.05, 0.1) is 0 Å². The van der Waals surface area contributed by atoms with Crippen LogP contribution in [0.4, 0.5) is 5.69 Å². The van der Waals surface area contributed by atoms with Crippen LogP contribution in [0.25, 0.3) is 0 Å². The summed E-state index contributed by atoms with van der Waals surface area (Å²) >= 11 is 6.94. The molecule has 3 N–H and O–H groups in total. The number of anilines is 1. The van der Waals surface area contributed by atoms with Gasteiger partial charge in [-0.15, -0.1) is 11.8 Å². The van der Waals surface area contributed by atoms with E-state index < -0.39 is 0 Å². The molecule has 0 radical (unpaired) electrons. The van der Waals surface area contributed by atoms with E-state index in [2.05, 4.69) is 32.2 Å². The van der Waals surface area contributed by atoms with E-state index >= 15 is 0 Å². The van der Waals surface area contributed by atoms with Crippen LogP contribution in [0.3, 0.4) is 0 Å². The van der Waals surface area contributed by atoms with Gasteiger partial charge in [0.25, 0.3) is 0 Å². The minimum atomic E-state index is 0.421. The minimum absolute atomic E-state index is 0.421. The van der Waals surface area contributed by atoms with E-state index in [0.717, 1.165) is 28.3 Å². The highest BCUT2D eigenvalue weighted by molar-refractivity contribution is 7.99. The van der Waals surface area contributed by atoms with Gasteiger partial charge in [-0.2, -0.15) is 0 Å².